The Balaban J connectivity index is 1.38. The maximum atomic E-state index is 9.37. The number of aromatic hydroxyl groups is 1. The normalized spacial score (nSPS) is 22.6. The Kier molecular flexibility index (Phi) is 4.21. The average molecular weight is 366 g/mol. The molecule has 1 aliphatic heterocycles. The number of allylic oxidation sites excluding steroid dienone is 2. The van der Waals surface area contributed by atoms with Crippen LogP contribution in [0.5, 0.6) is 5.75 Å². The van der Waals surface area contributed by atoms with E-state index in [0.29, 0.717) is 17.9 Å². The van der Waals surface area contributed by atoms with E-state index >= 15 is 0 Å². The van der Waals surface area contributed by atoms with E-state index in [2.05, 4.69) is 71.0 Å². The predicted molar refractivity (Wildman–Crippen MR) is 115 cm³/mol. The third kappa shape index (κ3) is 3.09. The van der Waals surface area contributed by atoms with Crippen molar-refractivity contribution < 1.29 is 5.11 Å². The van der Waals surface area contributed by atoms with E-state index in [1.165, 1.54) is 16.8 Å². The topological polar surface area (TPSA) is 44.6 Å². The lowest BCUT2D eigenvalue weighted by atomic mass is 9.77. The predicted octanol–water partition coefficient (Wildman–Crippen LogP) is 5.97. The first-order valence-electron chi connectivity index (χ1n) is 9.73. The Hall–Kier alpha value is -3.33. The van der Waals surface area contributed by atoms with Crippen LogP contribution in [0.2, 0.25) is 0 Å². The maximum Gasteiger partial charge on any atom is 0.115 e. The van der Waals surface area contributed by atoms with Crippen LogP contribution < -0.4 is 5.32 Å². The summed E-state index contributed by atoms with van der Waals surface area (Å²) in [7, 11) is 0. The largest absolute Gasteiger partial charge is 0.508 e. The zero-order valence-electron chi connectivity index (χ0n) is 15.5. The fourth-order valence-electron chi connectivity index (χ4n) is 4.35. The van der Waals surface area contributed by atoms with Crippen LogP contribution in [0.3, 0.4) is 0 Å². The molecule has 2 N–H and O–H groups in total. The van der Waals surface area contributed by atoms with Gasteiger partial charge in [-0.3, -0.25) is 4.99 Å². The van der Waals surface area contributed by atoms with Crippen molar-refractivity contribution in [3.05, 3.63) is 102 Å². The van der Waals surface area contributed by atoms with Crippen LogP contribution in [0.1, 0.15) is 35.1 Å². The molecule has 138 valence electrons. The molecule has 0 radical (unpaired) electrons. The second-order valence-electron chi connectivity index (χ2n) is 7.50. The highest BCUT2D eigenvalue weighted by molar-refractivity contribution is 5.82. The van der Waals surface area contributed by atoms with Gasteiger partial charge in [0, 0.05) is 17.8 Å². The highest BCUT2D eigenvalue weighted by Gasteiger charge is 2.37. The molecule has 3 nitrogen and oxygen atoms in total. The Morgan fingerprint density at radius 1 is 0.929 bits per heavy atom. The summed E-state index contributed by atoms with van der Waals surface area (Å²) in [5.41, 5.74) is 5.85. The van der Waals surface area contributed by atoms with Crippen molar-refractivity contribution in [2.75, 3.05) is 5.32 Å². The Bertz CT molecular complexity index is 1030. The zero-order chi connectivity index (χ0) is 18.9. The van der Waals surface area contributed by atoms with E-state index < -0.39 is 0 Å². The van der Waals surface area contributed by atoms with Crippen molar-refractivity contribution >= 4 is 17.6 Å². The Labute approximate surface area is 165 Å². The highest BCUT2D eigenvalue weighted by Crippen LogP contribution is 2.49. The van der Waals surface area contributed by atoms with Crippen molar-refractivity contribution in [2.45, 2.75) is 18.4 Å². The molecule has 1 heterocycles. The molecule has 0 bridgehead atoms. The van der Waals surface area contributed by atoms with Crippen LogP contribution in [0.15, 0.2) is 89.9 Å². The summed E-state index contributed by atoms with van der Waals surface area (Å²) in [5.74, 6) is 1.32. The van der Waals surface area contributed by atoms with Crippen molar-refractivity contribution in [2.24, 2.45) is 10.9 Å². The molecule has 2 aliphatic rings. The van der Waals surface area contributed by atoms with Gasteiger partial charge in [0.05, 0.1) is 11.7 Å². The van der Waals surface area contributed by atoms with Gasteiger partial charge in [0.2, 0.25) is 0 Å². The third-order valence-corrected chi connectivity index (χ3v) is 5.78. The molecule has 3 aromatic carbocycles. The fraction of sp³-hybridized carbons (Fsp3) is 0.160. The molecule has 0 amide bonds. The summed E-state index contributed by atoms with van der Waals surface area (Å²) >= 11 is 0. The van der Waals surface area contributed by atoms with E-state index in [9.17, 15) is 5.11 Å². The van der Waals surface area contributed by atoms with Crippen molar-refractivity contribution in [3.63, 3.8) is 0 Å². The molecular weight excluding hydrogens is 344 g/mol. The Morgan fingerprint density at radius 2 is 1.71 bits per heavy atom. The van der Waals surface area contributed by atoms with Gasteiger partial charge in [-0.1, -0.05) is 42.5 Å². The zero-order valence-corrected chi connectivity index (χ0v) is 15.5. The van der Waals surface area contributed by atoms with Crippen molar-refractivity contribution in [1.82, 2.24) is 0 Å². The molecule has 0 aromatic heterocycles. The smallest absolute Gasteiger partial charge is 0.115 e. The summed E-state index contributed by atoms with van der Waals surface area (Å²) in [4.78, 5) is 4.56. The molecule has 0 fully saturated rings. The van der Waals surface area contributed by atoms with Crippen LogP contribution in [-0.2, 0) is 0 Å². The molecule has 3 aromatic rings. The van der Waals surface area contributed by atoms with Gasteiger partial charge in [0.15, 0.2) is 0 Å². The van der Waals surface area contributed by atoms with Gasteiger partial charge in [-0.15, -0.1) is 0 Å². The van der Waals surface area contributed by atoms with Crippen molar-refractivity contribution in [1.29, 1.82) is 0 Å². The number of phenols is 1. The monoisotopic (exact) mass is 366 g/mol. The van der Waals surface area contributed by atoms with Gasteiger partial charge < -0.3 is 10.4 Å². The number of nitrogens with one attached hydrogen (secondary N) is 1. The van der Waals surface area contributed by atoms with E-state index in [1.807, 2.05) is 18.3 Å². The quantitative estimate of drug-likeness (QED) is 0.443. The average Bonchev–Trinajstić information content (AvgIpc) is 3.23. The standard InChI is InChI=1S/C25H22N2O/c28-20-14-8-17(9-15-20)16-26-19-12-10-18(11-13-19)25-23-6-3-5-21(23)22-4-1-2-7-24(22)27-25/h1-5,7-16,21,23,25,27-28H,6H2/t21-,23+,25-/m0/s1. The highest BCUT2D eigenvalue weighted by atomic mass is 16.3. The minimum absolute atomic E-state index is 0.266. The van der Waals surface area contributed by atoms with E-state index in [0.717, 1.165) is 17.7 Å². The first-order valence-corrected chi connectivity index (χ1v) is 9.73. The number of fused-ring (bicyclic) bond motifs is 3. The summed E-state index contributed by atoms with van der Waals surface area (Å²) in [6, 6.07) is 24.5. The van der Waals surface area contributed by atoms with E-state index in [1.54, 1.807) is 12.1 Å². The first-order chi connectivity index (χ1) is 13.8. The van der Waals surface area contributed by atoms with Crippen LogP contribution in [0.4, 0.5) is 11.4 Å². The molecule has 28 heavy (non-hydrogen) atoms. The van der Waals surface area contributed by atoms with Crippen LogP contribution in [-0.4, -0.2) is 11.3 Å². The number of nitrogens with zero attached hydrogens (tertiary/aromatic N) is 1. The summed E-state index contributed by atoms with van der Waals surface area (Å²) in [6.07, 6.45) is 7.62. The number of hydrogen-bond acceptors (Lipinski definition) is 3. The van der Waals surface area contributed by atoms with E-state index in [4.69, 9.17) is 0 Å². The number of rotatable bonds is 3. The summed E-state index contributed by atoms with van der Waals surface area (Å²) < 4.78 is 0. The Morgan fingerprint density at radius 3 is 2.54 bits per heavy atom. The molecule has 3 heteroatoms. The minimum atomic E-state index is 0.266. The number of benzene rings is 3. The maximum absolute atomic E-state index is 9.37. The minimum Gasteiger partial charge on any atom is -0.508 e. The number of hydrogen-bond donors (Lipinski definition) is 2. The molecule has 1 aliphatic carbocycles. The number of phenolic OH excluding ortho intramolecular Hbond substituents is 1. The molecule has 0 spiro atoms. The summed E-state index contributed by atoms with van der Waals surface area (Å²) in [5, 5.41) is 13.1. The van der Waals surface area contributed by atoms with Crippen LogP contribution in [0, 0.1) is 5.92 Å². The number of anilines is 1. The van der Waals surface area contributed by atoms with Gasteiger partial charge in [0.25, 0.3) is 0 Å². The van der Waals surface area contributed by atoms with Crippen LogP contribution in [0.25, 0.3) is 0 Å². The van der Waals surface area contributed by atoms with Crippen LogP contribution >= 0.6 is 0 Å². The molecule has 0 saturated carbocycles. The van der Waals surface area contributed by atoms with Gasteiger partial charge in [0.1, 0.15) is 5.75 Å². The lowest BCUT2D eigenvalue weighted by Crippen LogP contribution is -2.28. The molecule has 3 atom stereocenters. The SMILES string of the molecule is Oc1ccc(C=Nc2ccc([C@@H]3Nc4ccccc4[C@@H]4C=CC[C@H]43)cc2)cc1. The van der Waals surface area contributed by atoms with Gasteiger partial charge in [-0.05, 0) is 71.5 Å². The molecule has 0 saturated heterocycles. The van der Waals surface area contributed by atoms with E-state index in [-0.39, 0.29) is 5.75 Å². The number of aliphatic imine (C=N–C) groups is 1. The lowest BCUT2D eigenvalue weighted by Gasteiger charge is -2.37. The summed E-state index contributed by atoms with van der Waals surface area (Å²) in [6.45, 7) is 0. The van der Waals surface area contributed by atoms with Gasteiger partial charge in [-0.25, -0.2) is 0 Å². The third-order valence-electron chi connectivity index (χ3n) is 5.78. The molecule has 0 unspecified atom stereocenters. The second kappa shape index (κ2) is 7.01. The molecule has 5 rings (SSSR count). The van der Waals surface area contributed by atoms with Crippen molar-refractivity contribution in [3.8, 4) is 5.75 Å². The first kappa shape index (κ1) is 16.8. The number of para-hydroxylation sites is 1. The van der Waals surface area contributed by atoms with Gasteiger partial charge in [-0.2, -0.15) is 0 Å². The fourth-order valence-corrected chi connectivity index (χ4v) is 4.35. The van der Waals surface area contributed by atoms with Gasteiger partial charge >= 0.3 is 0 Å². The second-order valence-corrected chi connectivity index (χ2v) is 7.50. The lowest BCUT2D eigenvalue weighted by molar-refractivity contribution is 0.425. The molecular formula is C25H22N2O.